The number of aryl methyl sites for hydroxylation is 1. The van der Waals surface area contributed by atoms with Gasteiger partial charge in [0.05, 0.1) is 17.7 Å². The molecular weight excluding hydrogens is 312 g/mol. The summed E-state index contributed by atoms with van der Waals surface area (Å²) in [7, 11) is 0. The maximum Gasteiger partial charge on any atom is 0.261 e. The van der Waals surface area contributed by atoms with Crippen molar-refractivity contribution >= 4 is 23.5 Å². The number of nitro benzene ring substituents is 1. The average Bonchev–Trinajstić information content (AvgIpc) is 2.54. The molecule has 0 unspecified atom stereocenters. The molecule has 0 aromatic heterocycles. The molecule has 0 saturated carbocycles. The molecule has 124 valence electrons. The van der Waals surface area contributed by atoms with Crippen molar-refractivity contribution in [3.8, 4) is 5.75 Å². The molecular formula is C16H15N4O4-. The van der Waals surface area contributed by atoms with Gasteiger partial charge in [-0.3, -0.25) is 14.9 Å². The van der Waals surface area contributed by atoms with Gasteiger partial charge < -0.3 is 10.4 Å². The van der Waals surface area contributed by atoms with E-state index in [0.717, 1.165) is 23.4 Å². The van der Waals surface area contributed by atoms with Gasteiger partial charge in [0, 0.05) is 11.8 Å². The minimum absolute atomic E-state index is 0.0370. The average molecular weight is 327 g/mol. The Bertz CT molecular complexity index is 789. The van der Waals surface area contributed by atoms with E-state index in [-0.39, 0.29) is 12.5 Å². The van der Waals surface area contributed by atoms with Crippen LogP contribution in [0.5, 0.6) is 5.75 Å². The van der Waals surface area contributed by atoms with Gasteiger partial charge in [-0.1, -0.05) is 24.3 Å². The van der Waals surface area contributed by atoms with E-state index in [4.69, 9.17) is 0 Å². The second-order valence-corrected chi connectivity index (χ2v) is 4.95. The third kappa shape index (κ3) is 4.54. The lowest BCUT2D eigenvalue weighted by Gasteiger charge is -2.08. The summed E-state index contributed by atoms with van der Waals surface area (Å²) >= 11 is 0. The summed E-state index contributed by atoms with van der Waals surface area (Å²) in [6.07, 6.45) is 1.25. The van der Waals surface area contributed by atoms with Crippen LogP contribution in [0, 0.1) is 17.0 Å². The topological polar surface area (TPSA) is 120 Å². The summed E-state index contributed by atoms with van der Waals surface area (Å²) in [5.74, 6) is -1.07. The summed E-state index contributed by atoms with van der Waals surface area (Å²) in [5, 5.41) is 28.7. The zero-order chi connectivity index (χ0) is 17.5. The second-order valence-electron chi connectivity index (χ2n) is 4.95. The number of carbonyl (C=O) groups excluding carboxylic acids is 1. The Balaban J connectivity index is 1.87. The van der Waals surface area contributed by atoms with Crippen molar-refractivity contribution in [2.45, 2.75) is 6.92 Å². The van der Waals surface area contributed by atoms with Crippen molar-refractivity contribution in [3.05, 3.63) is 63.7 Å². The van der Waals surface area contributed by atoms with Gasteiger partial charge >= 0.3 is 0 Å². The van der Waals surface area contributed by atoms with Crippen LogP contribution in [0.15, 0.2) is 47.6 Å². The van der Waals surface area contributed by atoms with E-state index >= 15 is 0 Å². The predicted octanol–water partition coefficient (Wildman–Crippen LogP) is 1.54. The lowest BCUT2D eigenvalue weighted by molar-refractivity contribution is -0.398. The van der Waals surface area contributed by atoms with E-state index in [9.17, 15) is 20.0 Å². The van der Waals surface area contributed by atoms with Gasteiger partial charge in [-0.15, -0.1) is 0 Å². The first-order valence-electron chi connectivity index (χ1n) is 7.04. The molecule has 0 bridgehead atoms. The Morgan fingerprint density at radius 2 is 2.04 bits per heavy atom. The van der Waals surface area contributed by atoms with Crippen molar-refractivity contribution in [1.82, 2.24) is 5.43 Å². The summed E-state index contributed by atoms with van der Waals surface area (Å²) in [6.45, 7) is 1.96. The van der Waals surface area contributed by atoms with Crippen LogP contribution < -0.4 is 15.8 Å². The molecule has 0 aliphatic carbocycles. The molecule has 2 rings (SSSR count). The van der Waals surface area contributed by atoms with Crippen LogP contribution in [-0.4, -0.2) is 23.6 Å². The Hall–Kier alpha value is -3.42. The van der Waals surface area contributed by atoms with Gasteiger partial charge in [-0.2, -0.15) is 5.10 Å². The molecule has 2 aromatic rings. The molecule has 0 radical (unpaired) electrons. The number of amides is 1. The zero-order valence-corrected chi connectivity index (χ0v) is 12.9. The lowest BCUT2D eigenvalue weighted by atomic mass is 10.2. The molecule has 0 atom stereocenters. The lowest BCUT2D eigenvalue weighted by Crippen LogP contribution is -2.26. The van der Waals surface area contributed by atoms with Crippen molar-refractivity contribution in [3.63, 3.8) is 0 Å². The van der Waals surface area contributed by atoms with Crippen molar-refractivity contribution in [2.24, 2.45) is 5.10 Å². The van der Waals surface area contributed by atoms with Gasteiger partial charge in [0.25, 0.3) is 11.6 Å². The highest BCUT2D eigenvalue weighted by atomic mass is 16.6. The number of rotatable bonds is 6. The van der Waals surface area contributed by atoms with Gasteiger partial charge in [-0.05, 0) is 35.9 Å². The van der Waals surface area contributed by atoms with E-state index < -0.39 is 16.4 Å². The Labute approximate surface area is 138 Å². The van der Waals surface area contributed by atoms with E-state index in [0.29, 0.717) is 5.56 Å². The summed E-state index contributed by atoms with van der Waals surface area (Å²) in [5.41, 5.74) is 4.03. The first-order valence-corrected chi connectivity index (χ1v) is 7.04. The van der Waals surface area contributed by atoms with Crippen molar-refractivity contribution < 1.29 is 14.8 Å². The highest BCUT2D eigenvalue weighted by Gasteiger charge is 2.06. The number of hydrogen-bond donors (Lipinski definition) is 2. The molecule has 0 spiro atoms. The summed E-state index contributed by atoms with van der Waals surface area (Å²) in [4.78, 5) is 21.5. The standard InChI is InChI=1S/C16H16N4O4/c1-11-4-2-3-5-13(11)17-10-16(22)19-18-9-12-6-7-14(20(23)24)15(21)8-12/h2-9,17,21H,10H2,1H3,(H,19,22)/p-1. The van der Waals surface area contributed by atoms with Gasteiger partial charge in [0.1, 0.15) is 0 Å². The maximum absolute atomic E-state index is 11.7. The molecule has 0 fully saturated rings. The quantitative estimate of drug-likeness (QED) is 0.474. The highest BCUT2D eigenvalue weighted by Crippen LogP contribution is 2.22. The molecule has 0 aliphatic rings. The Morgan fingerprint density at radius 3 is 2.71 bits per heavy atom. The molecule has 0 saturated heterocycles. The van der Waals surface area contributed by atoms with E-state index in [1.165, 1.54) is 12.3 Å². The van der Waals surface area contributed by atoms with Crippen molar-refractivity contribution in [2.75, 3.05) is 11.9 Å². The van der Waals surface area contributed by atoms with E-state index in [1.807, 2.05) is 31.2 Å². The molecule has 0 aliphatic heterocycles. The molecule has 2 aromatic carbocycles. The maximum atomic E-state index is 11.7. The number of nitro groups is 1. The van der Waals surface area contributed by atoms with Crippen LogP contribution in [0.4, 0.5) is 11.4 Å². The Morgan fingerprint density at radius 1 is 1.29 bits per heavy atom. The molecule has 1 amide bonds. The van der Waals surface area contributed by atoms with Crippen LogP contribution in [0.1, 0.15) is 11.1 Å². The highest BCUT2D eigenvalue weighted by molar-refractivity contribution is 5.85. The first kappa shape index (κ1) is 16.9. The van der Waals surface area contributed by atoms with Crippen molar-refractivity contribution in [1.29, 1.82) is 0 Å². The molecule has 2 N–H and O–H groups in total. The smallest absolute Gasteiger partial charge is 0.261 e. The summed E-state index contributed by atoms with van der Waals surface area (Å²) in [6, 6.07) is 11.1. The fourth-order valence-electron chi connectivity index (χ4n) is 1.93. The second kappa shape index (κ2) is 7.73. The van der Waals surface area contributed by atoms with Crippen LogP contribution in [0.25, 0.3) is 0 Å². The minimum Gasteiger partial charge on any atom is -0.868 e. The van der Waals surface area contributed by atoms with Gasteiger partial charge in [-0.25, -0.2) is 5.43 Å². The fraction of sp³-hybridized carbons (Fsp3) is 0.125. The molecule has 8 heteroatoms. The monoisotopic (exact) mass is 327 g/mol. The SMILES string of the molecule is Cc1ccccc1NCC(=O)NN=Cc1ccc([N+](=O)[O-])c([O-])c1. The number of anilines is 1. The van der Waals surface area contributed by atoms with E-state index in [1.54, 1.807) is 0 Å². The van der Waals surface area contributed by atoms with E-state index in [2.05, 4.69) is 15.8 Å². The molecule has 0 heterocycles. The van der Waals surface area contributed by atoms with Gasteiger partial charge in [0.15, 0.2) is 0 Å². The van der Waals surface area contributed by atoms with Crippen LogP contribution in [0.3, 0.4) is 0 Å². The first-order chi connectivity index (χ1) is 11.5. The number of nitrogens with one attached hydrogen (secondary N) is 2. The molecule has 24 heavy (non-hydrogen) atoms. The normalized spacial score (nSPS) is 10.5. The fourth-order valence-corrected chi connectivity index (χ4v) is 1.93. The number of hydrazone groups is 1. The number of hydrogen-bond acceptors (Lipinski definition) is 6. The van der Waals surface area contributed by atoms with Gasteiger partial charge in [0.2, 0.25) is 0 Å². The zero-order valence-electron chi connectivity index (χ0n) is 12.9. The minimum atomic E-state index is -0.748. The number of nitrogens with zero attached hydrogens (tertiary/aromatic N) is 2. The number of carbonyl (C=O) groups is 1. The Kier molecular flexibility index (Phi) is 5.45. The van der Waals surface area contributed by atoms with Crippen LogP contribution >= 0.6 is 0 Å². The third-order valence-corrected chi connectivity index (χ3v) is 3.17. The van der Waals surface area contributed by atoms with Crippen LogP contribution in [-0.2, 0) is 4.79 Å². The number of para-hydroxylation sites is 1. The summed E-state index contributed by atoms with van der Waals surface area (Å²) < 4.78 is 0. The molecule has 8 nitrogen and oxygen atoms in total. The predicted molar refractivity (Wildman–Crippen MR) is 87.9 cm³/mol. The number of benzene rings is 2. The third-order valence-electron chi connectivity index (χ3n) is 3.17. The van der Waals surface area contributed by atoms with Crippen LogP contribution in [0.2, 0.25) is 0 Å². The largest absolute Gasteiger partial charge is 0.868 e.